The molecule has 0 atom stereocenters. The summed E-state index contributed by atoms with van der Waals surface area (Å²) in [7, 11) is 0. The van der Waals surface area contributed by atoms with E-state index in [2.05, 4.69) is 6.92 Å². The van der Waals surface area contributed by atoms with Crippen LogP contribution in [0.25, 0.3) is 10.4 Å². The van der Waals surface area contributed by atoms with Crippen molar-refractivity contribution in [2.45, 2.75) is 70.4 Å². The van der Waals surface area contributed by atoms with Crippen molar-refractivity contribution in [3.63, 3.8) is 0 Å². The van der Waals surface area contributed by atoms with Gasteiger partial charge in [0.15, 0.2) is 0 Å². The van der Waals surface area contributed by atoms with Gasteiger partial charge in [0.2, 0.25) is 5.91 Å². The first-order valence-electron chi connectivity index (χ1n) is 11.7. The third-order valence-electron chi connectivity index (χ3n) is 6.72. The molecule has 5 nitrogen and oxygen atoms in total. The maximum absolute atomic E-state index is 13.8. The van der Waals surface area contributed by atoms with Gasteiger partial charge in [-0.3, -0.25) is 4.79 Å². The molecular weight excluding hydrogens is 410 g/mol. The van der Waals surface area contributed by atoms with Gasteiger partial charge in [0.1, 0.15) is 4.88 Å². The molecule has 0 aliphatic heterocycles. The first kappa shape index (κ1) is 20.7. The van der Waals surface area contributed by atoms with Crippen molar-refractivity contribution in [2.24, 2.45) is 11.8 Å². The number of aromatic carboxylic acids is 1. The Morgan fingerprint density at radius 2 is 1.68 bits per heavy atom. The summed E-state index contributed by atoms with van der Waals surface area (Å²) in [6, 6.07) is 11.3. The highest BCUT2D eigenvalue weighted by Gasteiger charge is 2.37. The van der Waals surface area contributed by atoms with Crippen LogP contribution in [-0.2, 0) is 4.79 Å². The van der Waals surface area contributed by atoms with Crippen LogP contribution in [0.1, 0.15) is 69.3 Å². The molecule has 0 radical (unpaired) electrons. The highest BCUT2D eigenvalue weighted by molar-refractivity contribution is 7.18. The van der Waals surface area contributed by atoms with Gasteiger partial charge in [0, 0.05) is 16.8 Å². The number of carbonyl (C=O) groups is 2. The van der Waals surface area contributed by atoms with E-state index in [9.17, 15) is 19.8 Å². The Balaban J connectivity index is 1.73. The maximum atomic E-state index is 13.8. The summed E-state index contributed by atoms with van der Waals surface area (Å²) in [4.78, 5) is 28.7. The lowest BCUT2D eigenvalue weighted by molar-refractivity contribution is -0.124. The summed E-state index contributed by atoms with van der Waals surface area (Å²) in [5.41, 5.74) is 1.39. The number of carboxylic acids is 1. The summed E-state index contributed by atoms with van der Waals surface area (Å²) in [5.74, 6) is -0.530. The number of carboxylic acid groups (broad SMARTS) is 1. The number of hydrogen-bond donors (Lipinski definition) is 2. The number of nitrogens with zero attached hydrogens (tertiary/aromatic N) is 1. The molecule has 1 amide bonds. The van der Waals surface area contributed by atoms with E-state index in [1.165, 1.54) is 11.3 Å². The van der Waals surface area contributed by atoms with Gasteiger partial charge in [-0.2, -0.15) is 0 Å². The summed E-state index contributed by atoms with van der Waals surface area (Å²) in [6.45, 7) is 2.21. The zero-order valence-electron chi connectivity index (χ0n) is 18.9. The van der Waals surface area contributed by atoms with Crippen molar-refractivity contribution in [3.8, 4) is 10.4 Å². The lowest BCUT2D eigenvalue weighted by Gasteiger charge is -2.38. The third kappa shape index (κ3) is 4.85. The average molecular weight is 443 g/mol. The molecule has 0 saturated heterocycles. The molecule has 1 aromatic carbocycles. The predicted octanol–water partition coefficient (Wildman–Crippen LogP) is 5.58. The summed E-state index contributed by atoms with van der Waals surface area (Å²) in [6.07, 6.45) is 3.73. The first-order valence-corrected chi connectivity index (χ1v) is 12.0. The van der Waals surface area contributed by atoms with Crippen molar-refractivity contribution >= 4 is 28.9 Å². The highest BCUT2D eigenvalue weighted by atomic mass is 32.1. The van der Waals surface area contributed by atoms with Crippen molar-refractivity contribution in [1.29, 1.82) is 0 Å². The Morgan fingerprint density at radius 3 is 2.29 bits per heavy atom. The van der Waals surface area contributed by atoms with Gasteiger partial charge in [0.05, 0.1) is 13.1 Å². The van der Waals surface area contributed by atoms with Crippen LogP contribution in [0.15, 0.2) is 36.4 Å². The Bertz CT molecular complexity index is 956. The van der Waals surface area contributed by atoms with Gasteiger partial charge in [-0.25, -0.2) is 4.79 Å². The maximum Gasteiger partial charge on any atom is 0.348 e. The van der Waals surface area contributed by atoms with E-state index in [1.807, 2.05) is 36.4 Å². The smallest absolute Gasteiger partial charge is 0.348 e. The average Bonchev–Trinajstić information content (AvgIpc) is 3.21. The van der Waals surface area contributed by atoms with Crippen molar-refractivity contribution in [2.75, 3.05) is 4.90 Å². The van der Waals surface area contributed by atoms with Gasteiger partial charge in [-0.1, -0.05) is 37.3 Å². The van der Waals surface area contributed by atoms with Crippen LogP contribution in [0.3, 0.4) is 0 Å². The van der Waals surface area contributed by atoms with Crippen LogP contribution in [0.5, 0.6) is 0 Å². The SMILES string of the molecule is [2H][C@]1(O)CC[C@@H](N(c2cc(-c3ccccc3)sc2C(=O)O)C(=O)[C@H]2CC[C@H](C)CC2)CC1. The van der Waals surface area contributed by atoms with Crippen molar-refractivity contribution in [3.05, 3.63) is 41.3 Å². The molecule has 0 bridgehead atoms. The van der Waals surface area contributed by atoms with E-state index < -0.39 is 12.0 Å². The van der Waals surface area contributed by atoms with E-state index in [4.69, 9.17) is 1.37 Å². The van der Waals surface area contributed by atoms with Gasteiger partial charge in [-0.05, 0) is 68.9 Å². The number of anilines is 1. The predicted molar refractivity (Wildman–Crippen MR) is 124 cm³/mol. The van der Waals surface area contributed by atoms with Crippen LogP contribution in [0.4, 0.5) is 5.69 Å². The largest absolute Gasteiger partial charge is 0.477 e. The number of amides is 1. The van der Waals surface area contributed by atoms with E-state index >= 15 is 0 Å². The fourth-order valence-electron chi connectivity index (χ4n) is 4.85. The second-order valence-corrected chi connectivity index (χ2v) is 10.0. The Labute approximate surface area is 189 Å². The minimum atomic E-state index is -1.47. The minimum absolute atomic E-state index is 0.00256. The van der Waals surface area contributed by atoms with Gasteiger partial charge in [0.25, 0.3) is 0 Å². The number of hydrogen-bond acceptors (Lipinski definition) is 4. The second-order valence-electron chi connectivity index (χ2n) is 8.96. The van der Waals surface area contributed by atoms with Crippen LogP contribution >= 0.6 is 11.3 Å². The summed E-state index contributed by atoms with van der Waals surface area (Å²) in [5, 5.41) is 20.1. The van der Waals surface area contributed by atoms with Gasteiger partial charge < -0.3 is 15.1 Å². The number of rotatable bonds is 5. The molecule has 2 aliphatic rings. The zero-order valence-corrected chi connectivity index (χ0v) is 18.7. The molecule has 2 saturated carbocycles. The topological polar surface area (TPSA) is 77.8 Å². The van der Waals surface area contributed by atoms with Crippen LogP contribution < -0.4 is 4.90 Å². The molecule has 6 heteroatoms. The molecule has 2 aromatic rings. The van der Waals surface area contributed by atoms with Crippen LogP contribution in [0.2, 0.25) is 0 Å². The van der Waals surface area contributed by atoms with Crippen LogP contribution in [-0.4, -0.2) is 34.2 Å². The summed E-state index contributed by atoms with van der Waals surface area (Å²) < 4.78 is 7.97. The third-order valence-corrected chi connectivity index (χ3v) is 7.89. The van der Waals surface area contributed by atoms with E-state index in [0.717, 1.165) is 36.1 Å². The number of aliphatic hydroxyl groups is 1. The summed E-state index contributed by atoms with van der Waals surface area (Å²) >= 11 is 1.20. The Kier molecular flexibility index (Phi) is 6.37. The molecule has 166 valence electrons. The zero-order chi connectivity index (χ0) is 22.9. The van der Waals surface area contributed by atoms with Gasteiger partial charge >= 0.3 is 5.97 Å². The minimum Gasteiger partial charge on any atom is -0.477 e. The standard InChI is InChI=1S/C25H31NO4S/c1-16-7-9-18(10-8-16)24(28)26(19-11-13-20(27)14-12-19)21-15-22(31-23(21)25(29)30)17-5-3-2-4-6-17/h2-6,15-16,18-20,27H,7-14H2,1H3,(H,29,30)/t16-,18-,19-,20+/i20D. The number of thiophene rings is 1. The highest BCUT2D eigenvalue weighted by Crippen LogP contribution is 2.41. The van der Waals surface area contributed by atoms with E-state index in [-0.39, 0.29) is 35.6 Å². The molecule has 1 aromatic heterocycles. The molecule has 31 heavy (non-hydrogen) atoms. The first-order chi connectivity index (χ1) is 15.2. The van der Waals surface area contributed by atoms with Crippen LogP contribution in [0, 0.1) is 11.8 Å². The molecule has 2 fully saturated rings. The second kappa shape index (κ2) is 9.53. The van der Waals surface area contributed by atoms with Crippen molar-refractivity contribution < 1.29 is 21.2 Å². The molecule has 2 aliphatic carbocycles. The fraction of sp³-hybridized carbons (Fsp3) is 0.520. The lowest BCUT2D eigenvalue weighted by Crippen LogP contribution is -2.47. The molecule has 0 spiro atoms. The van der Waals surface area contributed by atoms with E-state index in [0.29, 0.717) is 24.4 Å². The fourth-order valence-corrected chi connectivity index (χ4v) is 5.84. The lowest BCUT2D eigenvalue weighted by atomic mass is 9.81. The van der Waals surface area contributed by atoms with E-state index in [1.54, 1.807) is 4.90 Å². The molecule has 0 unspecified atom stereocenters. The normalized spacial score (nSPS) is 29.2. The Hall–Kier alpha value is -2.18. The molecule has 2 N–H and O–H groups in total. The monoisotopic (exact) mass is 442 g/mol. The molecule has 1 heterocycles. The molecular formula is C25H31NO4S. The molecule has 4 rings (SSSR count). The number of carbonyl (C=O) groups excluding carboxylic acids is 1. The quantitative estimate of drug-likeness (QED) is 0.634. The Morgan fingerprint density at radius 1 is 1.03 bits per heavy atom. The van der Waals surface area contributed by atoms with Crippen molar-refractivity contribution in [1.82, 2.24) is 0 Å². The van der Waals surface area contributed by atoms with Gasteiger partial charge in [-0.15, -0.1) is 11.3 Å². The number of benzene rings is 1.